The van der Waals surface area contributed by atoms with Crippen molar-refractivity contribution in [2.75, 3.05) is 31.2 Å². The Morgan fingerprint density at radius 3 is 2.53 bits per heavy atom. The van der Waals surface area contributed by atoms with Gasteiger partial charge in [0.25, 0.3) is 0 Å². The van der Waals surface area contributed by atoms with E-state index in [2.05, 4.69) is 4.98 Å². The van der Waals surface area contributed by atoms with Crippen LogP contribution < -0.4 is 10.3 Å². The molecule has 2 aliphatic rings. The van der Waals surface area contributed by atoms with Gasteiger partial charge in [0.05, 0.1) is 24.3 Å². The Morgan fingerprint density at radius 1 is 1.21 bits per heavy atom. The number of nitrogens with zero attached hydrogens (tertiary/aromatic N) is 3. The number of nitrogens with one attached hydrogen (secondary N) is 1. The van der Waals surface area contributed by atoms with Gasteiger partial charge in [0, 0.05) is 24.8 Å². The largest absolute Gasteiger partial charge is 0.427 e. The Hall–Kier alpha value is -2.12. The van der Waals surface area contributed by atoms with E-state index in [-0.39, 0.29) is 18.6 Å². The third-order valence-corrected chi connectivity index (χ3v) is 2.89. The molecule has 7 heteroatoms. The number of hydrogen-bond acceptors (Lipinski definition) is 6. The smallest absolute Gasteiger partial charge is 0.132 e. The number of rotatable bonds is 5. The topological polar surface area (TPSA) is 106 Å². The van der Waals surface area contributed by atoms with E-state index in [1.165, 1.54) is 12.5 Å². The number of hydrogen-bond donors (Lipinski definition) is 4. The molecule has 0 saturated carbocycles. The highest BCUT2D eigenvalue weighted by molar-refractivity contribution is 5.75. The molecular weight excluding hydrogens is 248 g/mol. The van der Waals surface area contributed by atoms with E-state index in [9.17, 15) is 5.21 Å². The summed E-state index contributed by atoms with van der Waals surface area (Å²) in [5.74, 6) is 0. The second-order valence-electron chi connectivity index (χ2n) is 4.07. The molecule has 1 heterocycles. The first kappa shape index (κ1) is 13.3. The standard InChI is InChI=1S/C12H16N4O3/c13-10-1-2-11(15(3-5-17)4-6-18)12-9(10)7-14-8-16(12)19/h1-2,7-8,13,17-19H,3-6H2. The van der Waals surface area contributed by atoms with E-state index in [4.69, 9.17) is 15.6 Å². The molecule has 19 heavy (non-hydrogen) atoms. The molecular formula is C12H16N4O3. The molecule has 1 aliphatic carbocycles. The van der Waals surface area contributed by atoms with Crippen LogP contribution in [-0.2, 0) is 0 Å². The molecule has 0 aromatic rings. The maximum Gasteiger partial charge on any atom is 0.132 e. The molecule has 0 aromatic heterocycles. The van der Waals surface area contributed by atoms with Gasteiger partial charge in [0.2, 0.25) is 0 Å². The van der Waals surface area contributed by atoms with E-state index in [0.29, 0.717) is 30.0 Å². The fraction of sp³-hybridized carbons (Fsp3) is 0.333. The number of aliphatic hydroxyl groups excluding tert-OH is 2. The number of aromatic nitrogens is 2. The van der Waals surface area contributed by atoms with Gasteiger partial charge in [-0.1, -0.05) is 0 Å². The Bertz CT molecular complexity index is 578. The zero-order valence-corrected chi connectivity index (χ0v) is 10.3. The first-order valence-corrected chi connectivity index (χ1v) is 5.89. The molecule has 0 amide bonds. The van der Waals surface area contributed by atoms with Gasteiger partial charge in [-0.25, -0.2) is 4.98 Å². The van der Waals surface area contributed by atoms with E-state index in [0.717, 1.165) is 4.73 Å². The van der Waals surface area contributed by atoms with Crippen LogP contribution in [0, 0.1) is 5.41 Å². The summed E-state index contributed by atoms with van der Waals surface area (Å²) in [6.07, 6.45) is 2.74. The minimum atomic E-state index is -0.0688. The number of benzene rings is 1. The van der Waals surface area contributed by atoms with Crippen LogP contribution in [0.5, 0.6) is 0 Å². The lowest BCUT2D eigenvalue weighted by Gasteiger charge is -2.26. The molecule has 0 unspecified atom stereocenters. The van der Waals surface area contributed by atoms with E-state index in [1.807, 2.05) is 0 Å². The normalized spacial score (nSPS) is 10.8. The second kappa shape index (κ2) is 5.68. The quantitative estimate of drug-likeness (QED) is 0.545. The monoisotopic (exact) mass is 264 g/mol. The highest BCUT2D eigenvalue weighted by Crippen LogP contribution is 2.28. The zero-order valence-electron chi connectivity index (χ0n) is 10.3. The summed E-state index contributed by atoms with van der Waals surface area (Å²) in [4.78, 5) is 5.59. The predicted octanol–water partition coefficient (Wildman–Crippen LogP) is -0.504. The fourth-order valence-electron chi connectivity index (χ4n) is 2.05. The van der Waals surface area contributed by atoms with Crippen molar-refractivity contribution >= 4 is 5.69 Å². The molecule has 0 bridgehead atoms. The fourth-order valence-corrected chi connectivity index (χ4v) is 2.05. The highest BCUT2D eigenvalue weighted by atomic mass is 16.5. The number of anilines is 1. The van der Waals surface area contributed by atoms with Crippen molar-refractivity contribution in [2.45, 2.75) is 0 Å². The first-order valence-electron chi connectivity index (χ1n) is 5.89. The first-order chi connectivity index (χ1) is 9.19. The van der Waals surface area contributed by atoms with Crippen molar-refractivity contribution in [1.82, 2.24) is 9.71 Å². The molecule has 4 N–H and O–H groups in total. The zero-order chi connectivity index (χ0) is 13.8. The van der Waals surface area contributed by atoms with Crippen LogP contribution in [0.4, 0.5) is 5.69 Å². The van der Waals surface area contributed by atoms with E-state index >= 15 is 0 Å². The average Bonchev–Trinajstić information content (AvgIpc) is 2.40. The van der Waals surface area contributed by atoms with Crippen molar-refractivity contribution < 1.29 is 15.4 Å². The molecule has 0 atom stereocenters. The minimum Gasteiger partial charge on any atom is -0.427 e. The molecule has 7 nitrogen and oxygen atoms in total. The second-order valence-corrected chi connectivity index (χ2v) is 4.07. The summed E-state index contributed by atoms with van der Waals surface area (Å²) in [5, 5.41) is 36.1. The lowest BCUT2D eigenvalue weighted by atomic mass is 10.1. The molecule has 0 fully saturated rings. The molecule has 0 radical (unpaired) electrons. The van der Waals surface area contributed by atoms with Gasteiger partial charge in [-0.15, -0.1) is 0 Å². The van der Waals surface area contributed by atoms with Gasteiger partial charge >= 0.3 is 0 Å². The third-order valence-electron chi connectivity index (χ3n) is 2.89. The predicted molar refractivity (Wildman–Crippen MR) is 68.3 cm³/mol. The lowest BCUT2D eigenvalue weighted by molar-refractivity contribution is 0.185. The summed E-state index contributed by atoms with van der Waals surface area (Å²) in [6.45, 7) is 0.520. The van der Waals surface area contributed by atoms with Gasteiger partial charge in [0.15, 0.2) is 0 Å². The van der Waals surface area contributed by atoms with E-state index < -0.39 is 0 Å². The Labute approximate surface area is 109 Å². The summed E-state index contributed by atoms with van der Waals surface area (Å²) in [6, 6.07) is 3.28. The van der Waals surface area contributed by atoms with Crippen LogP contribution in [-0.4, -0.2) is 51.4 Å². The lowest BCUT2D eigenvalue weighted by Crippen LogP contribution is -2.31. The molecule has 102 valence electrons. The maximum absolute atomic E-state index is 9.88. The number of aliphatic hydroxyl groups is 2. The SMILES string of the molecule is N=c1ccc(N(CCO)CCO)c2n(O)cncc1-2. The van der Waals surface area contributed by atoms with Gasteiger partial charge < -0.3 is 25.7 Å². The van der Waals surface area contributed by atoms with Crippen molar-refractivity contribution in [2.24, 2.45) is 0 Å². The van der Waals surface area contributed by atoms with Crippen LogP contribution in [0.1, 0.15) is 0 Å². The molecule has 1 aliphatic heterocycles. The summed E-state index contributed by atoms with van der Waals surface area (Å²) < 4.78 is 0.852. The van der Waals surface area contributed by atoms with Gasteiger partial charge in [0.1, 0.15) is 12.0 Å². The molecule has 0 saturated heterocycles. The van der Waals surface area contributed by atoms with Crippen LogP contribution in [0.25, 0.3) is 11.3 Å². The summed E-state index contributed by atoms with van der Waals surface area (Å²) >= 11 is 0. The summed E-state index contributed by atoms with van der Waals surface area (Å²) in [5.41, 5.74) is 1.58. The highest BCUT2D eigenvalue weighted by Gasteiger charge is 2.18. The van der Waals surface area contributed by atoms with Crippen molar-refractivity contribution in [3.8, 4) is 11.3 Å². The maximum atomic E-state index is 9.88. The van der Waals surface area contributed by atoms with Crippen molar-refractivity contribution in [3.05, 3.63) is 30.0 Å². The Morgan fingerprint density at radius 2 is 1.89 bits per heavy atom. The van der Waals surface area contributed by atoms with Crippen LogP contribution in [0.15, 0.2) is 24.7 Å². The Balaban J connectivity index is 2.60. The van der Waals surface area contributed by atoms with Crippen molar-refractivity contribution in [3.63, 3.8) is 0 Å². The third kappa shape index (κ3) is 2.51. The molecule has 0 aromatic carbocycles. The van der Waals surface area contributed by atoms with Gasteiger partial charge in [-0.05, 0) is 12.1 Å². The van der Waals surface area contributed by atoms with Gasteiger partial charge in [-0.3, -0.25) is 0 Å². The summed E-state index contributed by atoms with van der Waals surface area (Å²) in [7, 11) is 0. The van der Waals surface area contributed by atoms with E-state index in [1.54, 1.807) is 17.0 Å². The minimum absolute atomic E-state index is 0.0688. The molecule has 2 rings (SSSR count). The van der Waals surface area contributed by atoms with Crippen LogP contribution in [0.2, 0.25) is 0 Å². The van der Waals surface area contributed by atoms with Crippen LogP contribution >= 0.6 is 0 Å². The van der Waals surface area contributed by atoms with Crippen LogP contribution in [0.3, 0.4) is 0 Å². The van der Waals surface area contributed by atoms with Gasteiger partial charge in [-0.2, -0.15) is 4.73 Å². The Kier molecular flexibility index (Phi) is 3.98. The van der Waals surface area contributed by atoms with Crippen molar-refractivity contribution in [1.29, 1.82) is 5.41 Å². The number of fused-ring (bicyclic) bond motifs is 1. The molecule has 0 spiro atoms. The average molecular weight is 264 g/mol.